The number of nitrogens with zero attached hydrogens (tertiary/aromatic N) is 3. The maximum Gasteiger partial charge on any atom is 0.254 e. The molecule has 1 fully saturated rings. The molecule has 1 amide bonds. The first-order valence-corrected chi connectivity index (χ1v) is 8.31. The minimum atomic E-state index is -0.117. The van der Waals surface area contributed by atoms with Crippen molar-refractivity contribution in [3.05, 3.63) is 54.0 Å². The molecule has 1 aliphatic rings. The second-order valence-electron chi connectivity index (χ2n) is 6.06. The molecule has 0 bridgehead atoms. The average molecular weight is 325 g/mol. The lowest BCUT2D eigenvalue weighted by Crippen LogP contribution is -2.42. The van der Waals surface area contributed by atoms with Crippen LogP contribution in [0.1, 0.15) is 28.8 Å². The quantitative estimate of drug-likeness (QED) is 0.879. The molecule has 1 saturated heterocycles. The topological polar surface area (TPSA) is 70.2 Å². The number of amides is 1. The Hall–Kier alpha value is -2.47. The van der Waals surface area contributed by atoms with Gasteiger partial charge in [0.25, 0.3) is 5.91 Å². The van der Waals surface area contributed by atoms with Crippen molar-refractivity contribution < 1.29 is 4.79 Å². The summed E-state index contributed by atoms with van der Waals surface area (Å²) in [5.74, 6) is 0.540. The fourth-order valence-electron chi connectivity index (χ4n) is 3.10. The summed E-state index contributed by atoms with van der Waals surface area (Å²) in [4.78, 5) is 22.9. The maximum absolute atomic E-state index is 12.0. The molecule has 0 saturated carbocycles. The summed E-state index contributed by atoms with van der Waals surface area (Å²) in [5.41, 5.74) is 1.81. The van der Waals surface area contributed by atoms with Crippen molar-refractivity contribution in [1.29, 1.82) is 0 Å². The van der Waals surface area contributed by atoms with Crippen molar-refractivity contribution in [3.63, 3.8) is 0 Å². The molecule has 0 aliphatic carbocycles. The van der Waals surface area contributed by atoms with E-state index in [1.54, 1.807) is 31.6 Å². The van der Waals surface area contributed by atoms with Gasteiger partial charge in [0.15, 0.2) is 0 Å². The molecular weight excluding hydrogens is 302 g/mol. The molecule has 3 rings (SSSR count). The molecule has 1 unspecified atom stereocenters. The van der Waals surface area contributed by atoms with Gasteiger partial charge in [0.1, 0.15) is 5.82 Å². The van der Waals surface area contributed by atoms with E-state index in [4.69, 9.17) is 0 Å². The highest BCUT2D eigenvalue weighted by molar-refractivity contribution is 5.98. The number of carbonyl (C=O) groups is 1. The summed E-state index contributed by atoms with van der Waals surface area (Å²) in [6, 6.07) is 7.94. The van der Waals surface area contributed by atoms with Crippen LogP contribution in [-0.4, -0.2) is 47.0 Å². The van der Waals surface area contributed by atoms with Crippen molar-refractivity contribution in [2.24, 2.45) is 0 Å². The first kappa shape index (κ1) is 16.4. The number of piperidine rings is 1. The third-order valence-electron chi connectivity index (χ3n) is 4.25. The van der Waals surface area contributed by atoms with Crippen LogP contribution in [0.25, 0.3) is 0 Å². The van der Waals surface area contributed by atoms with Crippen LogP contribution in [-0.2, 0) is 6.54 Å². The largest absolute Gasteiger partial charge is 0.365 e. The van der Waals surface area contributed by atoms with Crippen molar-refractivity contribution in [3.8, 4) is 0 Å². The van der Waals surface area contributed by atoms with Crippen molar-refractivity contribution in [2.75, 3.05) is 25.5 Å². The number of likely N-dealkylation sites (tertiary alicyclic amines) is 1. The number of pyridine rings is 2. The Bertz CT molecular complexity index is 676. The van der Waals surface area contributed by atoms with Crippen LogP contribution >= 0.6 is 0 Å². The number of anilines is 1. The van der Waals surface area contributed by atoms with E-state index in [-0.39, 0.29) is 11.9 Å². The lowest BCUT2D eigenvalue weighted by Gasteiger charge is -2.33. The maximum atomic E-state index is 12.0. The Morgan fingerprint density at radius 3 is 3.00 bits per heavy atom. The van der Waals surface area contributed by atoms with Gasteiger partial charge in [-0.1, -0.05) is 6.07 Å². The number of nitrogens with one attached hydrogen (secondary N) is 2. The monoisotopic (exact) mass is 325 g/mol. The summed E-state index contributed by atoms with van der Waals surface area (Å²) >= 11 is 0. The van der Waals surface area contributed by atoms with Gasteiger partial charge in [-0.2, -0.15) is 0 Å². The van der Waals surface area contributed by atoms with E-state index < -0.39 is 0 Å². The summed E-state index contributed by atoms with van der Waals surface area (Å²) in [5, 5.41) is 6.12. The fourth-order valence-corrected chi connectivity index (χ4v) is 3.10. The van der Waals surface area contributed by atoms with Crippen LogP contribution in [0.4, 0.5) is 5.82 Å². The minimum absolute atomic E-state index is 0.117. The fraction of sp³-hybridized carbons (Fsp3) is 0.389. The second kappa shape index (κ2) is 7.88. The van der Waals surface area contributed by atoms with Crippen LogP contribution in [0.15, 0.2) is 42.9 Å². The Morgan fingerprint density at radius 2 is 2.21 bits per heavy atom. The molecule has 6 nitrogen and oxygen atoms in total. The summed E-state index contributed by atoms with van der Waals surface area (Å²) in [7, 11) is 1.63. The third kappa shape index (κ3) is 4.08. The van der Waals surface area contributed by atoms with Gasteiger partial charge in [0.2, 0.25) is 0 Å². The predicted molar refractivity (Wildman–Crippen MR) is 93.8 cm³/mol. The zero-order chi connectivity index (χ0) is 16.8. The van der Waals surface area contributed by atoms with Crippen LogP contribution in [0, 0.1) is 0 Å². The smallest absolute Gasteiger partial charge is 0.254 e. The molecule has 3 heterocycles. The molecule has 24 heavy (non-hydrogen) atoms. The Kier molecular flexibility index (Phi) is 5.38. The highest BCUT2D eigenvalue weighted by Gasteiger charge is 2.22. The van der Waals surface area contributed by atoms with Crippen LogP contribution < -0.4 is 10.6 Å². The van der Waals surface area contributed by atoms with E-state index in [1.807, 2.05) is 12.3 Å². The van der Waals surface area contributed by atoms with Gasteiger partial charge < -0.3 is 10.6 Å². The molecular formula is C18H23N5O. The molecule has 2 aromatic rings. The van der Waals surface area contributed by atoms with E-state index >= 15 is 0 Å². The zero-order valence-electron chi connectivity index (χ0n) is 13.9. The van der Waals surface area contributed by atoms with E-state index in [2.05, 4.69) is 31.6 Å². The van der Waals surface area contributed by atoms with Gasteiger partial charge in [-0.05, 0) is 43.1 Å². The van der Waals surface area contributed by atoms with Gasteiger partial charge in [-0.15, -0.1) is 0 Å². The Labute approximate surface area is 142 Å². The van der Waals surface area contributed by atoms with Gasteiger partial charge in [-0.25, -0.2) is 4.98 Å². The Balaban J connectivity index is 1.65. The molecule has 2 aromatic heterocycles. The number of hydrogen-bond acceptors (Lipinski definition) is 5. The number of rotatable bonds is 5. The molecule has 126 valence electrons. The second-order valence-corrected chi connectivity index (χ2v) is 6.06. The number of aromatic nitrogens is 2. The normalized spacial score (nSPS) is 18.1. The molecule has 0 spiro atoms. The molecule has 0 radical (unpaired) electrons. The zero-order valence-corrected chi connectivity index (χ0v) is 13.9. The van der Waals surface area contributed by atoms with E-state index in [0.29, 0.717) is 11.4 Å². The summed E-state index contributed by atoms with van der Waals surface area (Å²) < 4.78 is 0. The minimum Gasteiger partial charge on any atom is -0.365 e. The van der Waals surface area contributed by atoms with Gasteiger partial charge >= 0.3 is 0 Å². The van der Waals surface area contributed by atoms with Crippen molar-refractivity contribution in [2.45, 2.75) is 25.4 Å². The van der Waals surface area contributed by atoms with Crippen LogP contribution in [0.3, 0.4) is 0 Å². The van der Waals surface area contributed by atoms with Gasteiger partial charge in [-0.3, -0.25) is 14.7 Å². The molecule has 1 atom stereocenters. The highest BCUT2D eigenvalue weighted by Crippen LogP contribution is 2.19. The number of carbonyl (C=O) groups excluding carboxylic acids is 1. The van der Waals surface area contributed by atoms with Gasteiger partial charge in [0, 0.05) is 44.8 Å². The molecule has 1 aliphatic heterocycles. The van der Waals surface area contributed by atoms with Crippen LogP contribution in [0.5, 0.6) is 0 Å². The standard InChI is InChI=1S/C18H23N5O/c1-19-18(24)16-7-3-9-21-17(16)22-15-6-4-10-23(13-15)12-14-5-2-8-20-11-14/h2-3,5,7-9,11,15H,4,6,10,12-13H2,1H3,(H,19,24)(H,21,22). The SMILES string of the molecule is CNC(=O)c1cccnc1NC1CCCN(Cc2cccnc2)C1. The lowest BCUT2D eigenvalue weighted by atomic mass is 10.0. The summed E-state index contributed by atoms with van der Waals surface area (Å²) in [6.45, 7) is 2.91. The summed E-state index contributed by atoms with van der Waals surface area (Å²) in [6.07, 6.45) is 7.63. The Morgan fingerprint density at radius 1 is 1.33 bits per heavy atom. The van der Waals surface area contributed by atoms with Crippen LogP contribution in [0.2, 0.25) is 0 Å². The highest BCUT2D eigenvalue weighted by atomic mass is 16.1. The lowest BCUT2D eigenvalue weighted by molar-refractivity contribution is 0.0963. The predicted octanol–water partition coefficient (Wildman–Crippen LogP) is 1.91. The number of hydrogen-bond donors (Lipinski definition) is 2. The first-order chi connectivity index (χ1) is 11.8. The molecule has 2 N–H and O–H groups in total. The van der Waals surface area contributed by atoms with E-state index in [9.17, 15) is 4.79 Å². The average Bonchev–Trinajstić information content (AvgIpc) is 2.63. The van der Waals surface area contributed by atoms with Crippen molar-refractivity contribution in [1.82, 2.24) is 20.2 Å². The van der Waals surface area contributed by atoms with Gasteiger partial charge in [0.05, 0.1) is 5.56 Å². The molecule has 6 heteroatoms. The first-order valence-electron chi connectivity index (χ1n) is 8.31. The van der Waals surface area contributed by atoms with E-state index in [0.717, 1.165) is 32.5 Å². The third-order valence-corrected chi connectivity index (χ3v) is 4.25. The van der Waals surface area contributed by atoms with Crippen molar-refractivity contribution >= 4 is 11.7 Å². The van der Waals surface area contributed by atoms with E-state index in [1.165, 1.54) is 5.56 Å². The molecule has 0 aromatic carbocycles.